The first-order valence-electron chi connectivity index (χ1n) is 12.2. The molecule has 7 rings (SSSR count). The number of allylic oxidation sites excluding steroid dienone is 5. The molecule has 0 atom stereocenters. The average Bonchev–Trinajstić information content (AvgIpc) is 3.43. The van der Waals surface area contributed by atoms with Crippen molar-refractivity contribution in [2.24, 2.45) is 0 Å². The molecular formula is C34H25N. The molecule has 0 spiro atoms. The number of aromatic nitrogens is 1. The zero-order valence-corrected chi connectivity index (χ0v) is 19.5. The molecule has 0 saturated carbocycles. The molecule has 0 radical (unpaired) electrons. The summed E-state index contributed by atoms with van der Waals surface area (Å²) in [5, 5.41) is 7.80. The van der Waals surface area contributed by atoms with E-state index < -0.39 is 0 Å². The smallest absolute Gasteiger partial charge is 0.0500 e. The van der Waals surface area contributed by atoms with Gasteiger partial charge in [-0.3, -0.25) is 0 Å². The Morgan fingerprint density at radius 2 is 1.40 bits per heavy atom. The molecule has 0 aliphatic heterocycles. The Balaban J connectivity index is 1.36. The summed E-state index contributed by atoms with van der Waals surface area (Å²) in [5.74, 6) is 0. The van der Waals surface area contributed by atoms with Crippen LogP contribution in [0.4, 0.5) is 0 Å². The van der Waals surface area contributed by atoms with Gasteiger partial charge in [-0.1, -0.05) is 104 Å². The van der Waals surface area contributed by atoms with Gasteiger partial charge in [0.05, 0.1) is 5.52 Å². The third kappa shape index (κ3) is 3.09. The molecule has 166 valence electrons. The van der Waals surface area contributed by atoms with E-state index in [9.17, 15) is 0 Å². The van der Waals surface area contributed by atoms with Gasteiger partial charge in [0.1, 0.15) is 0 Å². The van der Waals surface area contributed by atoms with E-state index >= 15 is 0 Å². The van der Waals surface area contributed by atoms with Gasteiger partial charge in [-0.15, -0.1) is 0 Å². The molecule has 0 N–H and O–H groups in total. The molecule has 1 heteroatoms. The highest BCUT2D eigenvalue weighted by molar-refractivity contribution is 6.12. The lowest BCUT2D eigenvalue weighted by atomic mass is 9.97. The summed E-state index contributed by atoms with van der Waals surface area (Å²) >= 11 is 0. The zero-order valence-electron chi connectivity index (χ0n) is 19.5. The van der Waals surface area contributed by atoms with Gasteiger partial charge in [-0.2, -0.15) is 0 Å². The number of hydrogen-bond donors (Lipinski definition) is 0. The molecule has 0 bridgehead atoms. The summed E-state index contributed by atoms with van der Waals surface area (Å²) in [6.45, 7) is 4.94. The van der Waals surface area contributed by atoms with Crippen molar-refractivity contribution in [3.63, 3.8) is 0 Å². The second-order valence-corrected chi connectivity index (χ2v) is 9.39. The second kappa shape index (κ2) is 7.85. The maximum atomic E-state index is 4.13. The summed E-state index contributed by atoms with van der Waals surface area (Å²) in [7, 11) is 0. The van der Waals surface area contributed by atoms with Crippen LogP contribution in [0, 0.1) is 0 Å². The molecule has 6 aromatic rings. The van der Waals surface area contributed by atoms with E-state index in [0.29, 0.717) is 0 Å². The predicted molar refractivity (Wildman–Crippen MR) is 151 cm³/mol. The highest BCUT2D eigenvalue weighted by Gasteiger charge is 2.20. The van der Waals surface area contributed by atoms with Crippen molar-refractivity contribution in [3.8, 4) is 0 Å². The van der Waals surface area contributed by atoms with E-state index in [0.717, 1.165) is 13.0 Å². The topological polar surface area (TPSA) is 4.93 Å². The minimum Gasteiger partial charge on any atom is -0.337 e. The highest BCUT2D eigenvalue weighted by atomic mass is 15.0. The third-order valence-corrected chi connectivity index (χ3v) is 7.47. The number of para-hydroxylation sites is 1. The summed E-state index contributed by atoms with van der Waals surface area (Å²) in [4.78, 5) is 0. The van der Waals surface area contributed by atoms with Crippen LogP contribution in [0.1, 0.15) is 11.1 Å². The quantitative estimate of drug-likeness (QED) is 0.254. The van der Waals surface area contributed by atoms with Gasteiger partial charge in [-0.25, -0.2) is 0 Å². The minimum absolute atomic E-state index is 0.816. The summed E-state index contributed by atoms with van der Waals surface area (Å²) in [6.07, 6.45) is 7.61. The van der Waals surface area contributed by atoms with Crippen LogP contribution in [0.15, 0.2) is 127 Å². The van der Waals surface area contributed by atoms with Gasteiger partial charge in [0.25, 0.3) is 0 Å². The molecule has 0 fully saturated rings. The Hall–Kier alpha value is -4.36. The normalized spacial score (nSPS) is 13.6. The van der Waals surface area contributed by atoms with Gasteiger partial charge in [0.2, 0.25) is 0 Å². The van der Waals surface area contributed by atoms with Crippen molar-refractivity contribution in [1.29, 1.82) is 0 Å². The Kier molecular flexibility index (Phi) is 4.50. The Bertz CT molecular complexity index is 1860. The zero-order chi connectivity index (χ0) is 23.4. The third-order valence-electron chi connectivity index (χ3n) is 7.47. The lowest BCUT2D eigenvalue weighted by Gasteiger charge is -2.09. The van der Waals surface area contributed by atoms with Crippen molar-refractivity contribution in [2.75, 3.05) is 0 Å². The van der Waals surface area contributed by atoms with Crippen molar-refractivity contribution in [3.05, 3.63) is 139 Å². The molecular weight excluding hydrogens is 422 g/mol. The first kappa shape index (κ1) is 20.1. The molecule has 1 aliphatic carbocycles. The number of fused-ring (bicyclic) bond motifs is 7. The van der Waals surface area contributed by atoms with Crippen LogP contribution in [-0.4, -0.2) is 4.57 Å². The van der Waals surface area contributed by atoms with Gasteiger partial charge in [0.15, 0.2) is 0 Å². The second-order valence-electron chi connectivity index (χ2n) is 9.39. The van der Waals surface area contributed by atoms with Crippen LogP contribution < -0.4 is 0 Å². The number of hydrogen-bond acceptors (Lipinski definition) is 0. The Morgan fingerprint density at radius 3 is 2.23 bits per heavy atom. The van der Waals surface area contributed by atoms with Crippen LogP contribution in [0.2, 0.25) is 0 Å². The highest BCUT2D eigenvalue weighted by Crippen LogP contribution is 2.39. The van der Waals surface area contributed by atoms with Gasteiger partial charge in [-0.05, 0) is 68.4 Å². The van der Waals surface area contributed by atoms with Crippen LogP contribution in [0.3, 0.4) is 0 Å². The predicted octanol–water partition coefficient (Wildman–Crippen LogP) is 8.85. The summed E-state index contributed by atoms with van der Waals surface area (Å²) in [5.41, 5.74) is 7.92. The van der Waals surface area contributed by atoms with Gasteiger partial charge < -0.3 is 4.57 Å². The fourth-order valence-corrected chi connectivity index (χ4v) is 5.82. The molecule has 1 aromatic heterocycles. The molecule has 1 heterocycles. The van der Waals surface area contributed by atoms with Crippen LogP contribution >= 0.6 is 0 Å². The van der Waals surface area contributed by atoms with E-state index in [1.54, 1.807) is 0 Å². The van der Waals surface area contributed by atoms with Crippen molar-refractivity contribution in [2.45, 2.75) is 13.0 Å². The first-order valence-corrected chi connectivity index (χ1v) is 12.2. The van der Waals surface area contributed by atoms with Crippen molar-refractivity contribution >= 4 is 48.9 Å². The largest absolute Gasteiger partial charge is 0.337 e. The first-order chi connectivity index (χ1) is 17.3. The average molecular weight is 448 g/mol. The summed E-state index contributed by atoms with van der Waals surface area (Å²) < 4.78 is 2.45. The lowest BCUT2D eigenvalue weighted by Crippen LogP contribution is -1.95. The fraction of sp³-hybridized carbons (Fsp3) is 0.0588. The Morgan fingerprint density at radius 1 is 0.686 bits per heavy atom. The molecule has 1 aliphatic rings. The number of nitrogens with zero attached hydrogens (tertiary/aromatic N) is 1. The van der Waals surface area contributed by atoms with Crippen molar-refractivity contribution in [1.82, 2.24) is 4.57 Å². The maximum Gasteiger partial charge on any atom is 0.0500 e. The van der Waals surface area contributed by atoms with E-state index in [1.807, 2.05) is 6.08 Å². The van der Waals surface area contributed by atoms with E-state index in [4.69, 9.17) is 0 Å². The van der Waals surface area contributed by atoms with Gasteiger partial charge >= 0.3 is 0 Å². The van der Waals surface area contributed by atoms with Crippen LogP contribution in [0.25, 0.3) is 48.9 Å². The molecule has 5 aromatic carbocycles. The number of benzene rings is 5. The SMILES string of the molecule is C=CC1=C(/C=C\Cn2c3ccccc3c3cc4ccccc4cc32)c2c(ccc3ccccc23)C1. The molecule has 0 unspecified atom stereocenters. The number of rotatable bonds is 4. The molecule has 0 saturated heterocycles. The lowest BCUT2D eigenvalue weighted by molar-refractivity contribution is 0.900. The fourth-order valence-electron chi connectivity index (χ4n) is 5.82. The maximum absolute atomic E-state index is 4.13. The molecule has 35 heavy (non-hydrogen) atoms. The standard InChI is InChI=1S/C34H25N/c1-2-23-20-27-18-17-24-10-5-6-13-29(24)34(27)28(23)15-9-19-35-32-16-8-7-14-30(32)31-21-25-11-3-4-12-26(25)22-33(31)35/h2-18,21-22H,1,19-20H2/b15-9-. The summed E-state index contributed by atoms with van der Waals surface area (Å²) in [6, 6.07) is 35.3. The van der Waals surface area contributed by atoms with Crippen molar-refractivity contribution < 1.29 is 0 Å². The van der Waals surface area contributed by atoms with E-state index in [2.05, 4.69) is 120 Å². The Labute approximate surface area is 204 Å². The molecule has 0 amide bonds. The minimum atomic E-state index is 0.816. The van der Waals surface area contributed by atoms with E-state index in [-0.39, 0.29) is 0 Å². The van der Waals surface area contributed by atoms with Crippen LogP contribution in [-0.2, 0) is 13.0 Å². The van der Waals surface area contributed by atoms with Crippen LogP contribution in [0.5, 0.6) is 0 Å². The molecule has 1 nitrogen and oxygen atoms in total. The monoisotopic (exact) mass is 447 g/mol. The van der Waals surface area contributed by atoms with E-state index in [1.165, 1.54) is 65.6 Å². The van der Waals surface area contributed by atoms with Gasteiger partial charge in [0, 0.05) is 22.8 Å².